The van der Waals surface area contributed by atoms with Crippen molar-refractivity contribution in [3.05, 3.63) is 70.2 Å². The van der Waals surface area contributed by atoms with Gasteiger partial charge in [0.15, 0.2) is 5.78 Å². The lowest BCUT2D eigenvalue weighted by molar-refractivity contribution is -0.146. The average Bonchev–Trinajstić information content (AvgIpc) is 2.60. The van der Waals surface area contributed by atoms with E-state index >= 15 is 0 Å². The van der Waals surface area contributed by atoms with Crippen LogP contribution in [-0.2, 0) is 16.0 Å². The topological polar surface area (TPSA) is 83.8 Å². The van der Waals surface area contributed by atoms with Crippen molar-refractivity contribution in [2.45, 2.75) is 12.5 Å². The first-order valence-corrected chi connectivity index (χ1v) is 7.71. The van der Waals surface area contributed by atoms with Gasteiger partial charge in [0.2, 0.25) is 0 Å². The highest BCUT2D eigenvalue weighted by molar-refractivity contribution is 6.30. The Morgan fingerprint density at radius 1 is 1.08 bits per heavy atom. The summed E-state index contributed by atoms with van der Waals surface area (Å²) in [5.41, 5.74) is 1.58. The molecule has 2 aromatic carbocycles. The quantitative estimate of drug-likeness (QED) is 0.590. The Kier molecular flexibility index (Phi) is 6.49. The van der Waals surface area contributed by atoms with Gasteiger partial charge in [-0.2, -0.15) is 0 Å². The SMILES string of the molecule is O=C(Cc1cccc(C(=O)c2ccc(Cl)cc2)c1)OCC(O)CO. The molecule has 5 nitrogen and oxygen atoms in total. The Bertz CT molecular complexity index is 712. The second kappa shape index (κ2) is 8.59. The lowest BCUT2D eigenvalue weighted by Gasteiger charge is -2.09. The zero-order valence-electron chi connectivity index (χ0n) is 12.8. The van der Waals surface area contributed by atoms with Crippen molar-refractivity contribution < 1.29 is 24.5 Å². The highest BCUT2D eigenvalue weighted by atomic mass is 35.5. The molecule has 0 heterocycles. The molecule has 0 aromatic heterocycles. The van der Waals surface area contributed by atoms with Crippen LogP contribution in [0.4, 0.5) is 0 Å². The molecule has 24 heavy (non-hydrogen) atoms. The van der Waals surface area contributed by atoms with Gasteiger partial charge < -0.3 is 14.9 Å². The fourth-order valence-corrected chi connectivity index (χ4v) is 2.18. The maximum absolute atomic E-state index is 12.4. The van der Waals surface area contributed by atoms with Gasteiger partial charge >= 0.3 is 5.97 Å². The minimum atomic E-state index is -1.09. The molecule has 6 heteroatoms. The molecular formula is C18H17ClO5. The van der Waals surface area contributed by atoms with E-state index in [4.69, 9.17) is 26.6 Å². The van der Waals surface area contributed by atoms with Crippen molar-refractivity contribution in [3.8, 4) is 0 Å². The van der Waals surface area contributed by atoms with Gasteiger partial charge in [-0.1, -0.05) is 29.8 Å². The molecule has 2 N–H and O–H groups in total. The van der Waals surface area contributed by atoms with Crippen LogP contribution in [0.25, 0.3) is 0 Å². The van der Waals surface area contributed by atoms with Crippen LogP contribution >= 0.6 is 11.6 Å². The molecule has 1 atom stereocenters. The van der Waals surface area contributed by atoms with E-state index in [0.717, 1.165) is 0 Å². The molecule has 0 bridgehead atoms. The first-order chi connectivity index (χ1) is 11.5. The number of aliphatic hydroxyl groups excluding tert-OH is 2. The first kappa shape index (κ1) is 18.1. The molecule has 0 saturated carbocycles. The van der Waals surface area contributed by atoms with Crippen LogP contribution < -0.4 is 0 Å². The van der Waals surface area contributed by atoms with Crippen LogP contribution in [0, 0.1) is 0 Å². The van der Waals surface area contributed by atoms with E-state index in [9.17, 15) is 9.59 Å². The average molecular weight is 349 g/mol. The molecule has 0 fully saturated rings. The van der Waals surface area contributed by atoms with E-state index < -0.39 is 18.7 Å². The van der Waals surface area contributed by atoms with E-state index in [1.54, 1.807) is 48.5 Å². The second-order valence-corrected chi connectivity index (χ2v) is 5.67. The molecule has 0 aliphatic heterocycles. The molecule has 0 saturated heterocycles. The van der Waals surface area contributed by atoms with Crippen molar-refractivity contribution in [1.29, 1.82) is 0 Å². The number of esters is 1. The van der Waals surface area contributed by atoms with E-state index in [-0.39, 0.29) is 18.8 Å². The van der Waals surface area contributed by atoms with Crippen LogP contribution in [0.2, 0.25) is 5.02 Å². The summed E-state index contributed by atoms with van der Waals surface area (Å²) in [6.45, 7) is -0.739. The standard InChI is InChI=1S/C18H17ClO5/c19-15-6-4-13(5-7-15)18(23)14-3-1-2-12(8-14)9-17(22)24-11-16(21)10-20/h1-8,16,20-21H,9-11H2. The number of hydrogen-bond acceptors (Lipinski definition) is 5. The molecule has 2 rings (SSSR count). The Hall–Kier alpha value is -2.21. The van der Waals surface area contributed by atoms with Crippen LogP contribution in [0.5, 0.6) is 0 Å². The number of benzene rings is 2. The predicted octanol–water partition coefficient (Wildman–Crippen LogP) is 2.01. The summed E-state index contributed by atoms with van der Waals surface area (Å²) >= 11 is 5.81. The van der Waals surface area contributed by atoms with Gasteiger partial charge in [-0.15, -0.1) is 0 Å². The summed E-state index contributed by atoms with van der Waals surface area (Å²) in [7, 11) is 0. The van der Waals surface area contributed by atoms with E-state index in [2.05, 4.69) is 0 Å². The third-order valence-corrected chi connectivity index (χ3v) is 3.54. The predicted molar refractivity (Wildman–Crippen MR) is 89.1 cm³/mol. The van der Waals surface area contributed by atoms with Crippen LogP contribution in [0.1, 0.15) is 21.5 Å². The number of halogens is 1. The molecule has 0 radical (unpaired) electrons. The molecule has 0 aliphatic rings. The maximum Gasteiger partial charge on any atom is 0.310 e. The number of carbonyl (C=O) groups is 2. The second-order valence-electron chi connectivity index (χ2n) is 5.23. The third-order valence-electron chi connectivity index (χ3n) is 3.29. The Labute approximate surface area is 144 Å². The maximum atomic E-state index is 12.4. The Morgan fingerprint density at radius 2 is 1.79 bits per heavy atom. The smallest absolute Gasteiger partial charge is 0.310 e. The molecule has 126 valence electrons. The number of aliphatic hydroxyl groups is 2. The Morgan fingerprint density at radius 3 is 2.46 bits per heavy atom. The van der Waals surface area contributed by atoms with Crippen molar-refractivity contribution in [1.82, 2.24) is 0 Å². The van der Waals surface area contributed by atoms with E-state index in [1.807, 2.05) is 0 Å². The van der Waals surface area contributed by atoms with Gasteiger partial charge in [-0.05, 0) is 35.9 Å². The summed E-state index contributed by atoms with van der Waals surface area (Å²) in [6.07, 6.45) is -1.12. The Balaban J connectivity index is 2.04. The molecule has 0 spiro atoms. The largest absolute Gasteiger partial charge is 0.463 e. The molecule has 2 aromatic rings. The van der Waals surface area contributed by atoms with Crippen LogP contribution in [0.3, 0.4) is 0 Å². The van der Waals surface area contributed by atoms with Gasteiger partial charge in [0.05, 0.1) is 13.0 Å². The number of hydrogen-bond donors (Lipinski definition) is 2. The van der Waals surface area contributed by atoms with E-state index in [1.165, 1.54) is 0 Å². The van der Waals surface area contributed by atoms with Crippen molar-refractivity contribution in [2.24, 2.45) is 0 Å². The van der Waals surface area contributed by atoms with Crippen molar-refractivity contribution in [2.75, 3.05) is 13.2 Å². The minimum Gasteiger partial charge on any atom is -0.463 e. The van der Waals surface area contributed by atoms with Gasteiger partial charge in [0.25, 0.3) is 0 Å². The number of rotatable bonds is 7. The zero-order valence-corrected chi connectivity index (χ0v) is 13.6. The summed E-state index contributed by atoms with van der Waals surface area (Å²) in [6, 6.07) is 13.3. The van der Waals surface area contributed by atoms with Crippen LogP contribution in [-0.4, -0.2) is 41.3 Å². The highest BCUT2D eigenvalue weighted by Crippen LogP contribution is 2.15. The van der Waals surface area contributed by atoms with Gasteiger partial charge in [-0.3, -0.25) is 9.59 Å². The zero-order chi connectivity index (χ0) is 17.5. The fraction of sp³-hybridized carbons (Fsp3) is 0.222. The normalized spacial score (nSPS) is 11.8. The molecular weight excluding hydrogens is 332 g/mol. The third kappa shape index (κ3) is 5.16. The number of carbonyl (C=O) groups excluding carboxylic acids is 2. The van der Waals surface area contributed by atoms with E-state index in [0.29, 0.717) is 21.7 Å². The van der Waals surface area contributed by atoms with Gasteiger partial charge in [0, 0.05) is 16.1 Å². The summed E-state index contributed by atoms with van der Waals surface area (Å²) in [5.74, 6) is -0.712. The summed E-state index contributed by atoms with van der Waals surface area (Å²) < 4.78 is 4.85. The monoisotopic (exact) mass is 348 g/mol. The summed E-state index contributed by atoms with van der Waals surface area (Å²) in [4.78, 5) is 24.1. The number of ether oxygens (including phenoxy) is 1. The molecule has 1 unspecified atom stereocenters. The van der Waals surface area contributed by atoms with Crippen LogP contribution in [0.15, 0.2) is 48.5 Å². The fourth-order valence-electron chi connectivity index (χ4n) is 2.05. The lowest BCUT2D eigenvalue weighted by Crippen LogP contribution is -2.22. The number of ketones is 1. The van der Waals surface area contributed by atoms with Gasteiger partial charge in [-0.25, -0.2) is 0 Å². The van der Waals surface area contributed by atoms with Crippen molar-refractivity contribution >= 4 is 23.4 Å². The van der Waals surface area contributed by atoms with Crippen molar-refractivity contribution in [3.63, 3.8) is 0 Å². The lowest BCUT2D eigenvalue weighted by atomic mass is 10.0. The van der Waals surface area contributed by atoms with Gasteiger partial charge in [0.1, 0.15) is 12.7 Å². The molecule has 0 aliphatic carbocycles. The molecule has 0 amide bonds. The summed E-state index contributed by atoms with van der Waals surface area (Å²) in [5, 5.41) is 18.4. The minimum absolute atomic E-state index is 0.0279. The highest BCUT2D eigenvalue weighted by Gasteiger charge is 2.12. The first-order valence-electron chi connectivity index (χ1n) is 7.33.